The van der Waals surface area contributed by atoms with Gasteiger partial charge in [-0.05, 0) is 22.6 Å². The van der Waals surface area contributed by atoms with Gasteiger partial charge in [0.1, 0.15) is 27.8 Å². The van der Waals surface area contributed by atoms with E-state index in [-0.39, 0.29) is 28.0 Å². The lowest BCUT2D eigenvalue weighted by atomic mass is 10.1. The van der Waals surface area contributed by atoms with Gasteiger partial charge in [-0.25, -0.2) is 14.5 Å². The van der Waals surface area contributed by atoms with Crippen molar-refractivity contribution in [2.45, 2.75) is 23.9 Å². The molecular weight excluding hydrogens is 460 g/mol. The summed E-state index contributed by atoms with van der Waals surface area (Å²) >= 11 is 2.26. The number of fused-ring (bicyclic) bond motifs is 1. The number of nitrogens with zero attached hydrogens (tertiary/aromatic N) is 5. The Morgan fingerprint density at radius 2 is 2.16 bits per heavy atom. The lowest BCUT2D eigenvalue weighted by molar-refractivity contribution is -0.139. The van der Waals surface area contributed by atoms with Crippen molar-refractivity contribution in [3.8, 4) is 0 Å². The molecule has 166 valence electrons. The molecule has 32 heavy (non-hydrogen) atoms. The molecule has 12 nitrogen and oxygen atoms in total. The van der Waals surface area contributed by atoms with Crippen molar-refractivity contribution < 1.29 is 23.5 Å². The topological polar surface area (TPSA) is 155 Å². The van der Waals surface area contributed by atoms with E-state index in [1.807, 2.05) is 6.07 Å². The van der Waals surface area contributed by atoms with E-state index in [1.165, 1.54) is 26.0 Å². The minimum Gasteiger partial charge on any atom is -0.469 e. The fourth-order valence-corrected chi connectivity index (χ4v) is 4.78. The van der Waals surface area contributed by atoms with Gasteiger partial charge in [0, 0.05) is 5.56 Å². The Bertz CT molecular complexity index is 1330. The molecule has 4 aromatic heterocycles. The third-order valence-corrected chi connectivity index (χ3v) is 6.43. The van der Waals surface area contributed by atoms with Gasteiger partial charge in [-0.1, -0.05) is 11.8 Å². The molecule has 0 bridgehead atoms. The largest absolute Gasteiger partial charge is 0.469 e. The number of hydrogen-bond donors (Lipinski definition) is 1. The molecule has 0 aliphatic carbocycles. The van der Waals surface area contributed by atoms with Crippen LogP contribution >= 0.6 is 23.1 Å². The summed E-state index contributed by atoms with van der Waals surface area (Å²) < 4.78 is 16.3. The number of thioether (sulfide) groups is 1. The maximum absolute atomic E-state index is 12.8. The van der Waals surface area contributed by atoms with Crippen molar-refractivity contribution >= 4 is 45.3 Å². The maximum atomic E-state index is 12.8. The second kappa shape index (κ2) is 9.32. The number of thiophene rings is 1. The predicted molar refractivity (Wildman–Crippen MR) is 112 cm³/mol. The predicted octanol–water partition coefficient (Wildman–Crippen LogP) is 1.41. The molecule has 0 spiro atoms. The molecule has 0 saturated heterocycles. The standard InChI is InChI=1S/C18H16N6O6S2/c1-28-12(25)6-10-13-15(26)19-11(20-16(13)32-14(10)17(27)29-2)8-31-18-21-22-23-24(18)7-9-4-3-5-30-9/h3-5H,6-8H2,1-2H3,(H,19,20,26). The van der Waals surface area contributed by atoms with Crippen molar-refractivity contribution in [1.82, 2.24) is 30.2 Å². The summed E-state index contributed by atoms with van der Waals surface area (Å²) in [5.74, 6) is 0.0831. The highest BCUT2D eigenvalue weighted by Gasteiger charge is 2.25. The molecule has 4 rings (SSSR count). The summed E-state index contributed by atoms with van der Waals surface area (Å²) in [6.45, 7) is 0.357. The van der Waals surface area contributed by atoms with Crippen molar-refractivity contribution in [2.24, 2.45) is 0 Å². The Morgan fingerprint density at radius 1 is 1.31 bits per heavy atom. The highest BCUT2D eigenvalue weighted by Crippen LogP contribution is 2.30. The van der Waals surface area contributed by atoms with E-state index in [9.17, 15) is 14.4 Å². The van der Waals surface area contributed by atoms with Crippen LogP contribution in [-0.4, -0.2) is 56.3 Å². The first-order valence-corrected chi connectivity index (χ1v) is 10.9. The maximum Gasteiger partial charge on any atom is 0.348 e. The number of H-pyrrole nitrogens is 1. The van der Waals surface area contributed by atoms with E-state index < -0.39 is 17.5 Å². The van der Waals surface area contributed by atoms with Gasteiger partial charge in [-0.15, -0.1) is 16.4 Å². The third kappa shape index (κ3) is 4.40. The minimum atomic E-state index is -0.653. The lowest BCUT2D eigenvalue weighted by Crippen LogP contribution is -2.15. The van der Waals surface area contributed by atoms with Crippen molar-refractivity contribution in [3.63, 3.8) is 0 Å². The molecule has 0 unspecified atom stereocenters. The van der Waals surface area contributed by atoms with Crippen LogP contribution < -0.4 is 5.56 Å². The van der Waals surface area contributed by atoms with Gasteiger partial charge in [-0.3, -0.25) is 9.59 Å². The van der Waals surface area contributed by atoms with Gasteiger partial charge >= 0.3 is 11.9 Å². The fraction of sp³-hybridized carbons (Fsp3) is 0.278. The first kappa shape index (κ1) is 21.7. The van der Waals surface area contributed by atoms with E-state index in [0.29, 0.717) is 28.1 Å². The van der Waals surface area contributed by atoms with E-state index in [4.69, 9.17) is 9.15 Å². The van der Waals surface area contributed by atoms with Gasteiger partial charge in [-0.2, -0.15) is 0 Å². The van der Waals surface area contributed by atoms with Gasteiger partial charge in [0.15, 0.2) is 0 Å². The van der Waals surface area contributed by atoms with E-state index in [0.717, 1.165) is 11.3 Å². The van der Waals surface area contributed by atoms with Crippen LogP contribution in [0.5, 0.6) is 0 Å². The number of carbonyl (C=O) groups is 2. The summed E-state index contributed by atoms with van der Waals surface area (Å²) in [4.78, 5) is 44.4. The Hall–Kier alpha value is -3.52. The number of esters is 2. The van der Waals surface area contributed by atoms with Crippen LogP contribution in [0.25, 0.3) is 10.2 Å². The summed E-state index contributed by atoms with van der Waals surface area (Å²) in [5, 5.41) is 12.3. The molecule has 14 heteroatoms. The molecule has 0 saturated carbocycles. The number of carbonyl (C=O) groups excluding carboxylic acids is 2. The Labute approximate surface area is 187 Å². The molecule has 4 aromatic rings. The van der Waals surface area contributed by atoms with Gasteiger partial charge in [0.2, 0.25) is 5.16 Å². The third-order valence-electron chi connectivity index (χ3n) is 4.35. The Morgan fingerprint density at radius 3 is 2.88 bits per heavy atom. The highest BCUT2D eigenvalue weighted by atomic mass is 32.2. The van der Waals surface area contributed by atoms with Crippen molar-refractivity contribution in [3.05, 3.63) is 50.8 Å². The smallest absolute Gasteiger partial charge is 0.348 e. The molecule has 1 N–H and O–H groups in total. The second-order valence-corrected chi connectivity index (χ2v) is 8.28. The summed E-state index contributed by atoms with van der Waals surface area (Å²) in [5.41, 5.74) is -0.231. The molecule has 0 aliphatic heterocycles. The molecule has 0 fully saturated rings. The Balaban J connectivity index is 1.61. The van der Waals surface area contributed by atoms with E-state index in [2.05, 4.69) is 30.2 Å². The molecular formula is C18H16N6O6S2. The van der Waals surface area contributed by atoms with E-state index >= 15 is 0 Å². The van der Waals surface area contributed by atoms with Crippen LogP contribution in [0.4, 0.5) is 0 Å². The lowest BCUT2D eigenvalue weighted by Gasteiger charge is -2.04. The average Bonchev–Trinajstić information content (AvgIpc) is 3.53. The number of aromatic nitrogens is 6. The normalized spacial score (nSPS) is 11.1. The van der Waals surface area contributed by atoms with Crippen LogP contribution in [-0.2, 0) is 33.0 Å². The SMILES string of the molecule is COC(=O)Cc1c(C(=O)OC)sc2nc(CSc3nnnn3Cc3ccco3)[nH]c(=O)c12. The number of furan rings is 1. The van der Waals surface area contributed by atoms with E-state index in [1.54, 1.807) is 17.0 Å². The zero-order valence-corrected chi connectivity index (χ0v) is 18.5. The summed E-state index contributed by atoms with van der Waals surface area (Å²) in [6, 6.07) is 3.58. The van der Waals surface area contributed by atoms with Crippen LogP contribution in [0, 0.1) is 0 Å². The van der Waals surface area contributed by atoms with Gasteiger partial charge < -0.3 is 18.9 Å². The monoisotopic (exact) mass is 476 g/mol. The zero-order chi connectivity index (χ0) is 22.7. The Kier molecular flexibility index (Phi) is 6.32. The number of tetrazole rings is 1. The first-order valence-electron chi connectivity index (χ1n) is 9.11. The number of nitrogens with one attached hydrogen (secondary N) is 1. The second-order valence-electron chi connectivity index (χ2n) is 6.33. The summed E-state index contributed by atoms with van der Waals surface area (Å²) in [6.07, 6.45) is 1.32. The molecule has 4 heterocycles. The number of ether oxygens (including phenoxy) is 2. The van der Waals surface area contributed by atoms with Crippen LogP contribution in [0.3, 0.4) is 0 Å². The quantitative estimate of drug-likeness (QED) is 0.290. The number of methoxy groups -OCH3 is 2. The van der Waals surface area contributed by atoms with Gasteiger partial charge in [0.05, 0.1) is 38.0 Å². The van der Waals surface area contributed by atoms with Crippen LogP contribution in [0.15, 0.2) is 32.8 Å². The summed E-state index contributed by atoms with van der Waals surface area (Å²) in [7, 11) is 2.45. The average molecular weight is 476 g/mol. The van der Waals surface area contributed by atoms with Crippen LogP contribution in [0.2, 0.25) is 0 Å². The molecule has 0 atom stereocenters. The fourth-order valence-electron chi connectivity index (χ4n) is 2.90. The van der Waals surface area contributed by atoms with Crippen molar-refractivity contribution in [1.29, 1.82) is 0 Å². The van der Waals surface area contributed by atoms with Gasteiger partial charge in [0.25, 0.3) is 5.56 Å². The first-order chi connectivity index (χ1) is 15.5. The van der Waals surface area contributed by atoms with Crippen LogP contribution in [0.1, 0.15) is 26.8 Å². The van der Waals surface area contributed by atoms with Crippen molar-refractivity contribution in [2.75, 3.05) is 14.2 Å². The number of aromatic amines is 1. The molecule has 0 aromatic carbocycles. The zero-order valence-electron chi connectivity index (χ0n) is 16.9. The number of rotatable bonds is 8. The molecule has 0 amide bonds. The number of hydrogen-bond acceptors (Lipinski definition) is 12. The minimum absolute atomic E-state index is 0.137. The molecule has 0 radical (unpaired) electrons. The molecule has 0 aliphatic rings. The highest BCUT2D eigenvalue weighted by molar-refractivity contribution is 7.98.